The number of carboxylic acids is 1. The van der Waals surface area contributed by atoms with Gasteiger partial charge >= 0.3 is 5.97 Å². The number of anilines is 1. The molecule has 0 unspecified atom stereocenters. The van der Waals surface area contributed by atoms with Crippen LogP contribution in [0.4, 0.5) is 5.13 Å². The van der Waals surface area contributed by atoms with E-state index in [-0.39, 0.29) is 5.92 Å². The quantitative estimate of drug-likeness (QED) is 0.536. The summed E-state index contributed by atoms with van der Waals surface area (Å²) >= 11 is 1.56. The molecule has 0 bridgehead atoms. The average Bonchev–Trinajstić information content (AvgIpc) is 3.38. The second-order valence-electron chi connectivity index (χ2n) is 6.80. The highest BCUT2D eigenvalue weighted by Gasteiger charge is 2.35. The van der Waals surface area contributed by atoms with E-state index in [1.165, 1.54) is 6.39 Å². The molecule has 0 atom stereocenters. The third kappa shape index (κ3) is 3.27. The topological polar surface area (TPSA) is 92.3 Å². The number of pyridine rings is 1. The monoisotopic (exact) mass is 404 g/mol. The Bertz CT molecular complexity index is 1130. The number of nitrogens with zero attached hydrogens (tertiary/aromatic N) is 4. The Balaban J connectivity index is 1.52. The number of hydrogen-bond acceptors (Lipinski definition) is 7. The normalized spacial score (nSPS) is 14.0. The zero-order chi connectivity index (χ0) is 19.8. The molecule has 0 aliphatic carbocycles. The number of carbonyl (C=O) groups is 1. The Labute approximate surface area is 170 Å². The first-order valence-electron chi connectivity index (χ1n) is 9.07. The van der Waals surface area contributed by atoms with Crippen LogP contribution in [0.1, 0.15) is 0 Å². The average molecular weight is 404 g/mol. The predicted octanol–water partition coefficient (Wildman–Crippen LogP) is 4.05. The summed E-state index contributed by atoms with van der Waals surface area (Å²) in [5.41, 5.74) is 3.77. The Hall–Kier alpha value is -3.52. The molecule has 0 spiro atoms. The summed E-state index contributed by atoms with van der Waals surface area (Å²) in [6, 6.07) is 11.9. The van der Waals surface area contributed by atoms with E-state index in [0.29, 0.717) is 18.8 Å². The molecule has 1 aliphatic rings. The van der Waals surface area contributed by atoms with Crippen molar-refractivity contribution in [3.8, 4) is 33.0 Å². The summed E-state index contributed by atoms with van der Waals surface area (Å²) in [6.07, 6.45) is 6.65. The van der Waals surface area contributed by atoms with Crippen molar-refractivity contribution < 1.29 is 14.3 Å². The molecule has 3 aromatic heterocycles. The zero-order valence-electron chi connectivity index (χ0n) is 15.2. The van der Waals surface area contributed by atoms with Gasteiger partial charge in [0.05, 0.1) is 22.7 Å². The van der Waals surface area contributed by atoms with Gasteiger partial charge in [0.1, 0.15) is 0 Å². The van der Waals surface area contributed by atoms with Gasteiger partial charge in [-0.25, -0.2) is 9.97 Å². The van der Waals surface area contributed by atoms with Crippen LogP contribution in [-0.4, -0.2) is 39.1 Å². The number of rotatable bonds is 5. The van der Waals surface area contributed by atoms with Crippen LogP contribution in [0.2, 0.25) is 0 Å². The standard InChI is InChI=1S/C21H16N4O3S/c26-20(27)16-10-25(11-16)21-24-18(19(29-21)15-2-1-7-22-8-15)14-5-3-13(4-6-14)17-9-23-12-28-17/h1-9,12,16H,10-11H2,(H,26,27). The van der Waals surface area contributed by atoms with Gasteiger partial charge in [-0.05, 0) is 6.07 Å². The van der Waals surface area contributed by atoms with E-state index in [2.05, 4.69) is 9.97 Å². The van der Waals surface area contributed by atoms with Gasteiger partial charge in [0.15, 0.2) is 17.3 Å². The number of aliphatic carboxylic acids is 1. The molecule has 29 heavy (non-hydrogen) atoms. The molecular formula is C21H16N4O3S. The first kappa shape index (κ1) is 17.6. The van der Waals surface area contributed by atoms with E-state index in [1.54, 1.807) is 23.7 Å². The summed E-state index contributed by atoms with van der Waals surface area (Å²) < 4.78 is 5.36. The van der Waals surface area contributed by atoms with E-state index in [0.717, 1.165) is 32.4 Å². The van der Waals surface area contributed by atoms with Crippen molar-refractivity contribution >= 4 is 22.4 Å². The van der Waals surface area contributed by atoms with E-state index in [1.807, 2.05) is 47.5 Å². The molecular weight excluding hydrogens is 388 g/mol. The Kier molecular flexibility index (Phi) is 4.33. The van der Waals surface area contributed by atoms with Gasteiger partial charge in [0.2, 0.25) is 0 Å². The Morgan fingerprint density at radius 3 is 2.52 bits per heavy atom. The molecule has 4 aromatic rings. The third-order valence-corrected chi connectivity index (χ3v) is 6.08. The Morgan fingerprint density at radius 1 is 1.07 bits per heavy atom. The van der Waals surface area contributed by atoms with Gasteiger partial charge in [-0.15, -0.1) is 0 Å². The summed E-state index contributed by atoms with van der Waals surface area (Å²) in [7, 11) is 0. The van der Waals surface area contributed by atoms with Gasteiger partial charge in [-0.3, -0.25) is 9.78 Å². The number of benzene rings is 1. The van der Waals surface area contributed by atoms with Crippen molar-refractivity contribution in [3.05, 3.63) is 61.4 Å². The maximum atomic E-state index is 11.1. The third-order valence-electron chi connectivity index (χ3n) is 4.92. The lowest BCUT2D eigenvalue weighted by molar-refractivity contribution is -0.142. The maximum absolute atomic E-state index is 11.1. The molecule has 7 nitrogen and oxygen atoms in total. The molecule has 1 fully saturated rings. The van der Waals surface area contributed by atoms with Crippen molar-refractivity contribution in [1.29, 1.82) is 0 Å². The minimum atomic E-state index is -0.756. The molecule has 144 valence electrons. The second kappa shape index (κ2) is 7.14. The van der Waals surface area contributed by atoms with Crippen molar-refractivity contribution in [2.24, 2.45) is 5.92 Å². The first-order valence-corrected chi connectivity index (χ1v) is 9.89. The predicted molar refractivity (Wildman–Crippen MR) is 110 cm³/mol. The molecule has 1 saturated heterocycles. The second-order valence-corrected chi connectivity index (χ2v) is 7.78. The smallest absolute Gasteiger partial charge is 0.310 e. The van der Waals surface area contributed by atoms with Crippen LogP contribution in [0.5, 0.6) is 0 Å². The van der Waals surface area contributed by atoms with Crippen LogP contribution in [-0.2, 0) is 4.79 Å². The van der Waals surface area contributed by atoms with Crippen LogP contribution in [0, 0.1) is 5.92 Å². The summed E-state index contributed by atoms with van der Waals surface area (Å²) in [4.78, 5) is 27.2. The van der Waals surface area contributed by atoms with Gasteiger partial charge in [0, 0.05) is 42.2 Å². The first-order chi connectivity index (χ1) is 14.2. The number of aromatic nitrogens is 3. The van der Waals surface area contributed by atoms with Crippen molar-refractivity contribution in [1.82, 2.24) is 15.0 Å². The fourth-order valence-electron chi connectivity index (χ4n) is 3.27. The molecule has 1 N–H and O–H groups in total. The maximum Gasteiger partial charge on any atom is 0.310 e. The highest BCUT2D eigenvalue weighted by molar-refractivity contribution is 7.19. The summed E-state index contributed by atoms with van der Waals surface area (Å²) in [5, 5.41) is 9.98. The highest BCUT2D eigenvalue weighted by Crippen LogP contribution is 2.42. The molecule has 5 rings (SSSR count). The Morgan fingerprint density at radius 2 is 1.86 bits per heavy atom. The van der Waals surface area contributed by atoms with Gasteiger partial charge in [-0.1, -0.05) is 41.7 Å². The summed E-state index contributed by atoms with van der Waals surface area (Å²) in [5.74, 6) is -0.373. The fourth-order valence-corrected chi connectivity index (χ4v) is 4.37. The lowest BCUT2D eigenvalue weighted by Gasteiger charge is -2.36. The number of thiazole rings is 1. The van der Waals surface area contributed by atoms with E-state index in [9.17, 15) is 4.79 Å². The van der Waals surface area contributed by atoms with Crippen LogP contribution in [0.25, 0.3) is 33.0 Å². The molecule has 1 aliphatic heterocycles. The molecule has 4 heterocycles. The lowest BCUT2D eigenvalue weighted by Crippen LogP contribution is -2.50. The largest absolute Gasteiger partial charge is 0.481 e. The molecule has 1 aromatic carbocycles. The molecule has 0 saturated carbocycles. The van der Waals surface area contributed by atoms with Crippen molar-refractivity contribution in [3.63, 3.8) is 0 Å². The van der Waals surface area contributed by atoms with Gasteiger partial charge in [-0.2, -0.15) is 0 Å². The molecule has 8 heteroatoms. The summed E-state index contributed by atoms with van der Waals surface area (Å²) in [6.45, 7) is 0.971. The van der Waals surface area contributed by atoms with Crippen molar-refractivity contribution in [2.45, 2.75) is 0 Å². The number of oxazole rings is 1. The minimum absolute atomic E-state index is 0.328. The van der Waals surface area contributed by atoms with Crippen LogP contribution < -0.4 is 4.90 Å². The van der Waals surface area contributed by atoms with Crippen molar-refractivity contribution in [2.75, 3.05) is 18.0 Å². The number of hydrogen-bond donors (Lipinski definition) is 1. The van der Waals surface area contributed by atoms with Crippen LogP contribution >= 0.6 is 11.3 Å². The van der Waals surface area contributed by atoms with E-state index >= 15 is 0 Å². The molecule has 0 radical (unpaired) electrons. The highest BCUT2D eigenvalue weighted by atomic mass is 32.1. The van der Waals surface area contributed by atoms with Crippen LogP contribution in [0.15, 0.2) is 65.8 Å². The fraction of sp³-hybridized carbons (Fsp3) is 0.143. The van der Waals surface area contributed by atoms with E-state index in [4.69, 9.17) is 14.5 Å². The SMILES string of the molecule is O=C(O)C1CN(c2nc(-c3ccc(-c4cnco4)cc3)c(-c3cccnc3)s2)C1. The van der Waals surface area contributed by atoms with Gasteiger partial charge in [0.25, 0.3) is 0 Å². The van der Waals surface area contributed by atoms with E-state index < -0.39 is 5.97 Å². The van der Waals surface area contributed by atoms with Gasteiger partial charge < -0.3 is 14.4 Å². The lowest BCUT2D eigenvalue weighted by atomic mass is 10.0. The molecule has 0 amide bonds. The number of carboxylic acid groups (broad SMARTS) is 1. The minimum Gasteiger partial charge on any atom is -0.481 e. The van der Waals surface area contributed by atoms with Crippen LogP contribution in [0.3, 0.4) is 0 Å². The zero-order valence-corrected chi connectivity index (χ0v) is 16.0.